The van der Waals surface area contributed by atoms with Gasteiger partial charge in [-0.05, 0) is 55.4 Å². The molecular weight excluding hydrogens is 331 g/mol. The highest BCUT2D eigenvalue weighted by molar-refractivity contribution is 7.89. The topological polar surface area (TPSA) is 55.4 Å². The summed E-state index contributed by atoms with van der Waals surface area (Å²) in [4.78, 5) is -0.139. The predicted molar refractivity (Wildman–Crippen MR) is 77.3 cm³/mol. The molecule has 1 aromatic carbocycles. The Kier molecular flexibility index (Phi) is 4.18. The standard InChI is InChI=1S/C15H18F3NO3S/c16-15(17,18)11-1-3-12(4-2-11)23(20,21)19-13-5-6-14(13)7-9-22-10-8-14/h1-4,13,19H,5-10H2. The molecule has 3 rings (SSSR count). The van der Waals surface area contributed by atoms with Gasteiger partial charge >= 0.3 is 6.18 Å². The number of hydrogen-bond acceptors (Lipinski definition) is 3. The molecule has 2 aliphatic rings. The van der Waals surface area contributed by atoms with E-state index in [4.69, 9.17) is 4.74 Å². The summed E-state index contributed by atoms with van der Waals surface area (Å²) in [5, 5.41) is 0. The summed E-state index contributed by atoms with van der Waals surface area (Å²) in [6.45, 7) is 1.25. The molecule has 0 bridgehead atoms. The van der Waals surface area contributed by atoms with Crippen LogP contribution < -0.4 is 4.72 Å². The highest BCUT2D eigenvalue weighted by Gasteiger charge is 2.48. The highest BCUT2D eigenvalue weighted by Crippen LogP contribution is 2.49. The minimum atomic E-state index is -4.48. The Labute approximate surface area is 133 Å². The van der Waals surface area contributed by atoms with Crippen molar-refractivity contribution in [1.82, 2.24) is 4.72 Å². The average Bonchev–Trinajstić information content (AvgIpc) is 2.52. The van der Waals surface area contributed by atoms with E-state index >= 15 is 0 Å². The van der Waals surface area contributed by atoms with Gasteiger partial charge in [-0.25, -0.2) is 13.1 Å². The molecule has 1 saturated heterocycles. The van der Waals surface area contributed by atoms with Gasteiger partial charge in [0.1, 0.15) is 0 Å². The van der Waals surface area contributed by atoms with E-state index in [1.54, 1.807) is 0 Å². The molecule has 2 fully saturated rings. The Balaban J connectivity index is 1.74. The molecular formula is C15H18F3NO3S. The van der Waals surface area contributed by atoms with Crippen molar-refractivity contribution in [2.75, 3.05) is 13.2 Å². The van der Waals surface area contributed by atoms with Gasteiger partial charge in [0.15, 0.2) is 0 Å². The molecule has 1 heterocycles. The number of alkyl halides is 3. The van der Waals surface area contributed by atoms with Gasteiger partial charge in [-0.3, -0.25) is 0 Å². The molecule has 23 heavy (non-hydrogen) atoms. The molecule has 128 valence electrons. The largest absolute Gasteiger partial charge is 0.416 e. The van der Waals surface area contributed by atoms with Crippen LogP contribution in [-0.4, -0.2) is 27.7 Å². The normalized spacial score (nSPS) is 24.4. The second-order valence-electron chi connectivity index (χ2n) is 6.21. The van der Waals surface area contributed by atoms with E-state index in [1.165, 1.54) is 0 Å². The van der Waals surface area contributed by atoms with Gasteiger partial charge in [-0.1, -0.05) is 0 Å². The van der Waals surface area contributed by atoms with E-state index in [-0.39, 0.29) is 16.4 Å². The maximum Gasteiger partial charge on any atom is 0.416 e. The summed E-state index contributed by atoms with van der Waals surface area (Å²) in [6, 6.07) is 3.42. The molecule has 1 aliphatic carbocycles. The summed E-state index contributed by atoms with van der Waals surface area (Å²) in [7, 11) is -3.82. The number of halogens is 3. The lowest BCUT2D eigenvalue weighted by Gasteiger charge is -2.51. The Hall–Kier alpha value is -1.12. The van der Waals surface area contributed by atoms with Crippen LogP contribution in [0.2, 0.25) is 0 Å². The minimum absolute atomic E-state index is 0.0583. The number of hydrogen-bond donors (Lipinski definition) is 1. The van der Waals surface area contributed by atoms with Crippen LogP contribution in [-0.2, 0) is 20.9 Å². The van der Waals surface area contributed by atoms with Crippen molar-refractivity contribution in [3.05, 3.63) is 29.8 Å². The van der Waals surface area contributed by atoms with Crippen molar-refractivity contribution in [1.29, 1.82) is 0 Å². The van der Waals surface area contributed by atoms with Crippen LogP contribution in [0.4, 0.5) is 13.2 Å². The summed E-state index contributed by atoms with van der Waals surface area (Å²) in [6.07, 6.45) is -1.15. The predicted octanol–water partition coefficient (Wildman–Crippen LogP) is 2.94. The third-order valence-electron chi connectivity index (χ3n) is 4.95. The third-order valence-corrected chi connectivity index (χ3v) is 6.44. The number of nitrogens with one attached hydrogen (secondary N) is 1. The van der Waals surface area contributed by atoms with Gasteiger partial charge in [-0.15, -0.1) is 0 Å². The van der Waals surface area contributed by atoms with Crippen molar-refractivity contribution >= 4 is 10.0 Å². The van der Waals surface area contributed by atoms with Crippen molar-refractivity contribution in [3.63, 3.8) is 0 Å². The summed E-state index contributed by atoms with van der Waals surface area (Å²) in [5.74, 6) is 0. The quantitative estimate of drug-likeness (QED) is 0.913. The molecule has 1 atom stereocenters. The molecule has 1 unspecified atom stereocenters. The van der Waals surface area contributed by atoms with Crippen LogP contribution >= 0.6 is 0 Å². The zero-order chi connectivity index (χ0) is 16.7. The lowest BCUT2D eigenvalue weighted by Crippen LogP contribution is -2.57. The molecule has 1 aromatic rings. The molecule has 0 radical (unpaired) electrons. The Morgan fingerprint density at radius 1 is 1.09 bits per heavy atom. The molecule has 4 nitrogen and oxygen atoms in total. The van der Waals surface area contributed by atoms with Gasteiger partial charge in [0, 0.05) is 19.3 Å². The zero-order valence-electron chi connectivity index (χ0n) is 12.4. The highest BCUT2D eigenvalue weighted by atomic mass is 32.2. The molecule has 8 heteroatoms. The first-order valence-electron chi connectivity index (χ1n) is 7.50. The van der Waals surface area contributed by atoms with Crippen molar-refractivity contribution in [2.45, 2.75) is 42.8 Å². The molecule has 1 saturated carbocycles. The number of rotatable bonds is 3. The maximum atomic E-state index is 12.6. The summed E-state index contributed by atoms with van der Waals surface area (Å²) in [5.41, 5.74) is -0.918. The van der Waals surface area contributed by atoms with Gasteiger partial charge in [0.2, 0.25) is 10.0 Å². The van der Waals surface area contributed by atoms with Crippen LogP contribution in [0.25, 0.3) is 0 Å². The first-order chi connectivity index (χ1) is 10.7. The van der Waals surface area contributed by atoms with E-state index in [0.717, 1.165) is 49.9 Å². The van der Waals surface area contributed by atoms with Gasteiger partial charge in [0.25, 0.3) is 0 Å². The summed E-state index contributed by atoms with van der Waals surface area (Å²) < 4.78 is 70.4. The fraction of sp³-hybridized carbons (Fsp3) is 0.600. The van der Waals surface area contributed by atoms with Gasteiger partial charge < -0.3 is 4.74 Å². The van der Waals surface area contributed by atoms with Gasteiger partial charge in [-0.2, -0.15) is 13.2 Å². The van der Waals surface area contributed by atoms with E-state index in [0.29, 0.717) is 13.2 Å². The van der Waals surface area contributed by atoms with E-state index in [9.17, 15) is 21.6 Å². The van der Waals surface area contributed by atoms with Crippen molar-refractivity contribution in [3.8, 4) is 0 Å². The Morgan fingerprint density at radius 2 is 1.70 bits per heavy atom. The maximum absolute atomic E-state index is 12.6. The number of ether oxygens (including phenoxy) is 1. The lowest BCUT2D eigenvalue weighted by atomic mass is 9.60. The van der Waals surface area contributed by atoms with Crippen LogP contribution in [0.1, 0.15) is 31.2 Å². The van der Waals surface area contributed by atoms with Crippen LogP contribution in [0.5, 0.6) is 0 Å². The van der Waals surface area contributed by atoms with Crippen LogP contribution in [0.3, 0.4) is 0 Å². The monoisotopic (exact) mass is 349 g/mol. The average molecular weight is 349 g/mol. The molecule has 0 amide bonds. The SMILES string of the molecule is O=S(=O)(NC1CCC12CCOCC2)c1ccc(C(F)(F)F)cc1. The van der Waals surface area contributed by atoms with Crippen LogP contribution in [0, 0.1) is 5.41 Å². The number of benzene rings is 1. The van der Waals surface area contributed by atoms with Gasteiger partial charge in [0.05, 0.1) is 10.5 Å². The van der Waals surface area contributed by atoms with Crippen molar-refractivity contribution < 1.29 is 26.3 Å². The molecule has 1 spiro atoms. The van der Waals surface area contributed by atoms with Crippen molar-refractivity contribution in [2.24, 2.45) is 5.41 Å². The first-order valence-corrected chi connectivity index (χ1v) is 8.99. The smallest absolute Gasteiger partial charge is 0.381 e. The zero-order valence-corrected chi connectivity index (χ0v) is 13.2. The molecule has 1 aliphatic heterocycles. The first kappa shape index (κ1) is 16.7. The van der Waals surface area contributed by atoms with E-state index < -0.39 is 21.8 Å². The third kappa shape index (κ3) is 3.25. The second-order valence-corrected chi connectivity index (χ2v) is 7.92. The summed E-state index contributed by atoms with van der Waals surface area (Å²) >= 11 is 0. The lowest BCUT2D eigenvalue weighted by molar-refractivity contribution is -0.137. The van der Waals surface area contributed by atoms with E-state index in [2.05, 4.69) is 4.72 Å². The second kappa shape index (κ2) is 5.75. The van der Waals surface area contributed by atoms with Crippen LogP contribution in [0.15, 0.2) is 29.2 Å². The number of sulfonamides is 1. The fourth-order valence-corrected chi connectivity index (χ4v) is 4.71. The molecule has 1 N–H and O–H groups in total. The molecule has 0 aromatic heterocycles. The minimum Gasteiger partial charge on any atom is -0.381 e. The Bertz CT molecular complexity index is 664. The Morgan fingerprint density at radius 3 is 2.17 bits per heavy atom. The fourth-order valence-electron chi connectivity index (χ4n) is 3.34. The van der Waals surface area contributed by atoms with E-state index in [1.807, 2.05) is 0 Å².